The predicted molar refractivity (Wildman–Crippen MR) is 252 cm³/mol. The summed E-state index contributed by atoms with van der Waals surface area (Å²) in [5.74, 6) is -0.404. The third-order valence-electron chi connectivity index (χ3n) is 11.1. The lowest BCUT2D eigenvalue weighted by Crippen LogP contribution is -2.30. The maximum atomic E-state index is 12.8. The quantitative estimate of drug-likeness (QED) is 0.0348. The van der Waals surface area contributed by atoms with Crippen LogP contribution in [0, 0.1) is 0 Å². The summed E-state index contributed by atoms with van der Waals surface area (Å²) in [5, 5.41) is 0. The minimum atomic E-state index is -0.537. The van der Waals surface area contributed by atoms with E-state index in [1.165, 1.54) is 173 Å². The summed E-state index contributed by atoms with van der Waals surface area (Å²) in [6.07, 6.45) is 58.6. The standard InChI is InChI=1S/C53H98O5/c1-4-7-10-13-16-19-22-24-26-27-29-30-32-34-37-40-43-46-52(54)57-50-51(49-56-48-45-42-39-36-21-18-15-12-9-6-3)58-53(55)47-44-41-38-35-33-31-28-25-23-20-17-14-11-8-5-2/h16,19,24-26,28,51H,4-15,17-18,20-23,27,29-50H2,1-3H3/b19-16-,26-24-,28-25-. The lowest BCUT2D eigenvalue weighted by molar-refractivity contribution is -0.163. The second kappa shape index (κ2) is 49.5. The van der Waals surface area contributed by atoms with Crippen LogP contribution in [-0.2, 0) is 23.8 Å². The van der Waals surface area contributed by atoms with Crippen LogP contribution in [0.2, 0.25) is 0 Å². The van der Waals surface area contributed by atoms with Gasteiger partial charge in [0.25, 0.3) is 0 Å². The first kappa shape index (κ1) is 56.1. The molecule has 58 heavy (non-hydrogen) atoms. The molecule has 5 nitrogen and oxygen atoms in total. The van der Waals surface area contributed by atoms with E-state index < -0.39 is 6.10 Å². The van der Waals surface area contributed by atoms with Crippen molar-refractivity contribution in [2.75, 3.05) is 19.8 Å². The maximum absolute atomic E-state index is 12.8. The molecule has 0 fully saturated rings. The van der Waals surface area contributed by atoms with Crippen LogP contribution >= 0.6 is 0 Å². The van der Waals surface area contributed by atoms with Crippen molar-refractivity contribution in [3.8, 4) is 0 Å². The van der Waals surface area contributed by atoms with Crippen molar-refractivity contribution < 1.29 is 23.8 Å². The van der Waals surface area contributed by atoms with Crippen LogP contribution in [0.1, 0.15) is 265 Å². The van der Waals surface area contributed by atoms with Crippen LogP contribution in [0.4, 0.5) is 0 Å². The molecule has 1 atom stereocenters. The first-order chi connectivity index (χ1) is 28.6. The van der Waals surface area contributed by atoms with Gasteiger partial charge in [0, 0.05) is 19.4 Å². The molecule has 0 heterocycles. The van der Waals surface area contributed by atoms with Gasteiger partial charge in [0.2, 0.25) is 0 Å². The lowest BCUT2D eigenvalue weighted by atomic mass is 10.1. The third-order valence-corrected chi connectivity index (χ3v) is 11.1. The molecule has 0 rings (SSSR count). The fourth-order valence-corrected chi connectivity index (χ4v) is 7.30. The predicted octanol–water partition coefficient (Wildman–Crippen LogP) is 17.0. The number of rotatable bonds is 47. The highest BCUT2D eigenvalue weighted by Gasteiger charge is 2.17. The summed E-state index contributed by atoms with van der Waals surface area (Å²) in [5.41, 5.74) is 0. The van der Waals surface area contributed by atoms with Crippen LogP contribution in [0.25, 0.3) is 0 Å². The van der Waals surface area contributed by atoms with Crippen LogP contribution in [0.5, 0.6) is 0 Å². The molecule has 0 bridgehead atoms. The molecule has 0 radical (unpaired) electrons. The van der Waals surface area contributed by atoms with Gasteiger partial charge in [-0.2, -0.15) is 0 Å². The van der Waals surface area contributed by atoms with Crippen LogP contribution < -0.4 is 0 Å². The van der Waals surface area contributed by atoms with Crippen molar-refractivity contribution in [2.24, 2.45) is 0 Å². The van der Waals surface area contributed by atoms with Crippen LogP contribution in [0.15, 0.2) is 36.5 Å². The summed E-state index contributed by atoms with van der Waals surface area (Å²) in [7, 11) is 0. The average Bonchev–Trinajstić information content (AvgIpc) is 3.22. The van der Waals surface area contributed by atoms with E-state index in [0.717, 1.165) is 57.8 Å². The van der Waals surface area contributed by atoms with Crippen molar-refractivity contribution in [2.45, 2.75) is 271 Å². The number of esters is 2. The SMILES string of the molecule is CCCCC/C=C\C/C=C\CCCCCCCCCC(=O)OCC(COCCCCCCCCCCCC)OC(=O)CCCCCCC/C=C\CCCCCCCC. The summed E-state index contributed by atoms with van der Waals surface area (Å²) in [4.78, 5) is 25.3. The maximum Gasteiger partial charge on any atom is 0.306 e. The van der Waals surface area contributed by atoms with Crippen molar-refractivity contribution in [1.29, 1.82) is 0 Å². The number of carbonyl (C=O) groups excluding carboxylic acids is 2. The molecule has 0 aromatic carbocycles. The molecule has 0 spiro atoms. The van der Waals surface area contributed by atoms with Gasteiger partial charge in [0.15, 0.2) is 6.10 Å². The van der Waals surface area contributed by atoms with Gasteiger partial charge in [-0.1, -0.05) is 211 Å². The number of hydrogen-bond acceptors (Lipinski definition) is 5. The molecule has 0 aromatic rings. The number of carbonyl (C=O) groups is 2. The molecule has 0 saturated heterocycles. The minimum absolute atomic E-state index is 0.0820. The zero-order valence-corrected chi connectivity index (χ0v) is 39.1. The first-order valence-corrected chi connectivity index (χ1v) is 25.5. The molecular weight excluding hydrogens is 717 g/mol. The van der Waals surface area contributed by atoms with Gasteiger partial charge in [0.1, 0.15) is 6.61 Å². The highest BCUT2D eigenvalue weighted by Crippen LogP contribution is 2.14. The van der Waals surface area contributed by atoms with E-state index in [2.05, 4.69) is 57.2 Å². The molecule has 0 aliphatic heterocycles. The molecule has 0 aromatic heterocycles. The Kier molecular flexibility index (Phi) is 47.9. The summed E-state index contributed by atoms with van der Waals surface area (Å²) < 4.78 is 17.4. The molecule has 1 unspecified atom stereocenters. The Hall–Kier alpha value is -1.88. The fourth-order valence-electron chi connectivity index (χ4n) is 7.30. The zero-order valence-electron chi connectivity index (χ0n) is 39.1. The van der Waals surface area contributed by atoms with Crippen LogP contribution in [0.3, 0.4) is 0 Å². The fraction of sp³-hybridized carbons (Fsp3) is 0.849. The Morgan fingerprint density at radius 3 is 1.19 bits per heavy atom. The Balaban J connectivity index is 4.22. The summed E-state index contributed by atoms with van der Waals surface area (Å²) >= 11 is 0. The van der Waals surface area contributed by atoms with Gasteiger partial charge in [0.05, 0.1) is 6.61 Å². The normalized spacial score (nSPS) is 12.4. The summed E-state index contributed by atoms with van der Waals surface area (Å²) in [6, 6.07) is 0. The van der Waals surface area contributed by atoms with E-state index >= 15 is 0 Å². The van der Waals surface area contributed by atoms with Gasteiger partial charge in [-0.05, 0) is 77.0 Å². The van der Waals surface area contributed by atoms with Gasteiger partial charge in [-0.25, -0.2) is 0 Å². The highest BCUT2D eigenvalue weighted by molar-refractivity contribution is 5.70. The molecule has 340 valence electrons. The second-order valence-corrected chi connectivity index (χ2v) is 17.1. The van der Waals surface area contributed by atoms with E-state index in [-0.39, 0.29) is 25.2 Å². The molecule has 0 aliphatic carbocycles. The van der Waals surface area contributed by atoms with E-state index in [1.54, 1.807) is 0 Å². The number of allylic oxidation sites excluding steroid dienone is 6. The third kappa shape index (κ3) is 46.8. The topological polar surface area (TPSA) is 61.8 Å². The smallest absolute Gasteiger partial charge is 0.306 e. The van der Waals surface area contributed by atoms with Gasteiger partial charge < -0.3 is 14.2 Å². The molecule has 0 N–H and O–H groups in total. The van der Waals surface area contributed by atoms with Crippen molar-refractivity contribution in [3.63, 3.8) is 0 Å². The monoisotopic (exact) mass is 815 g/mol. The van der Waals surface area contributed by atoms with E-state index in [1.807, 2.05) is 0 Å². The van der Waals surface area contributed by atoms with Gasteiger partial charge in [-0.3, -0.25) is 9.59 Å². The average molecular weight is 815 g/mol. The highest BCUT2D eigenvalue weighted by atomic mass is 16.6. The number of hydrogen-bond donors (Lipinski definition) is 0. The van der Waals surface area contributed by atoms with Crippen molar-refractivity contribution in [3.05, 3.63) is 36.5 Å². The molecule has 0 saturated carbocycles. The van der Waals surface area contributed by atoms with Crippen LogP contribution in [-0.4, -0.2) is 37.9 Å². The Labute approximate surface area is 361 Å². The molecule has 0 amide bonds. The van der Waals surface area contributed by atoms with E-state index in [0.29, 0.717) is 19.4 Å². The van der Waals surface area contributed by atoms with Gasteiger partial charge in [-0.15, -0.1) is 0 Å². The largest absolute Gasteiger partial charge is 0.462 e. The Morgan fingerprint density at radius 1 is 0.379 bits per heavy atom. The Bertz CT molecular complexity index is 924. The minimum Gasteiger partial charge on any atom is -0.462 e. The van der Waals surface area contributed by atoms with E-state index in [9.17, 15) is 9.59 Å². The van der Waals surface area contributed by atoms with E-state index in [4.69, 9.17) is 14.2 Å². The molecule has 0 aliphatic rings. The lowest BCUT2D eigenvalue weighted by Gasteiger charge is -2.18. The molecular formula is C53H98O5. The number of ether oxygens (including phenoxy) is 3. The van der Waals surface area contributed by atoms with Gasteiger partial charge >= 0.3 is 11.9 Å². The van der Waals surface area contributed by atoms with Crippen molar-refractivity contribution >= 4 is 11.9 Å². The molecule has 5 heteroatoms. The zero-order chi connectivity index (χ0) is 42.1. The summed E-state index contributed by atoms with van der Waals surface area (Å²) in [6.45, 7) is 7.81. The Morgan fingerprint density at radius 2 is 0.724 bits per heavy atom. The first-order valence-electron chi connectivity index (χ1n) is 25.5. The van der Waals surface area contributed by atoms with Crippen molar-refractivity contribution in [1.82, 2.24) is 0 Å². The number of unbranched alkanes of at least 4 members (excludes halogenated alkanes) is 30. The second-order valence-electron chi connectivity index (χ2n) is 17.1.